The van der Waals surface area contributed by atoms with Crippen LogP contribution in [-0.2, 0) is 0 Å². The fourth-order valence-corrected chi connectivity index (χ4v) is 1.32. The lowest BCUT2D eigenvalue weighted by Crippen LogP contribution is -1.97. The Kier molecular flexibility index (Phi) is 2.01. The minimum absolute atomic E-state index is 0.242. The topological polar surface area (TPSA) is 115 Å². The first-order valence-corrected chi connectivity index (χ1v) is 3.96. The molecule has 0 aliphatic heterocycles. The molecule has 0 atom stereocenters. The molecule has 2 rings (SSSR count). The van der Waals surface area contributed by atoms with Crippen LogP contribution in [0.15, 0.2) is 12.4 Å². The molecule has 0 amide bonds. The number of nitrogens with zero attached hydrogens (tertiary/aromatic N) is 3. The van der Waals surface area contributed by atoms with Crippen molar-refractivity contribution in [2.45, 2.75) is 0 Å². The van der Waals surface area contributed by atoms with Gasteiger partial charge in [0.15, 0.2) is 5.52 Å². The normalized spacial score (nSPS) is 10.6. The fourth-order valence-electron chi connectivity index (χ4n) is 1.32. The lowest BCUT2D eigenvalue weighted by Gasteiger charge is -1.96. The number of fused-ring (bicyclic) bond motifs is 1. The van der Waals surface area contributed by atoms with Gasteiger partial charge in [-0.3, -0.25) is 20.2 Å². The molecule has 0 bridgehead atoms. The predicted molar refractivity (Wildman–Crippen MR) is 49.4 cm³/mol. The lowest BCUT2D eigenvalue weighted by molar-refractivity contribution is -0.394. The Labute approximate surface area is 86.0 Å². The van der Waals surface area contributed by atoms with Crippen LogP contribution in [0.25, 0.3) is 11.0 Å². The van der Waals surface area contributed by atoms with E-state index in [1.54, 1.807) is 0 Å². The molecule has 9 heteroatoms. The maximum atomic E-state index is 13.5. The van der Waals surface area contributed by atoms with E-state index in [9.17, 15) is 24.6 Å². The molecule has 1 heterocycles. The summed E-state index contributed by atoms with van der Waals surface area (Å²) < 4.78 is 13.5. The summed E-state index contributed by atoms with van der Waals surface area (Å²) in [5, 5.41) is 21.1. The Hall–Kier alpha value is -2.58. The van der Waals surface area contributed by atoms with E-state index in [-0.39, 0.29) is 11.0 Å². The van der Waals surface area contributed by atoms with E-state index in [4.69, 9.17) is 0 Å². The van der Waals surface area contributed by atoms with Crippen molar-refractivity contribution in [1.82, 2.24) is 9.97 Å². The molecule has 0 saturated carbocycles. The standard InChI is InChI=1S/C7H3FN4O4/c8-5-3(11(13)14)1-4(12(15)16)6-7(5)10-2-9-6/h1-2H,(H,9,10). The van der Waals surface area contributed by atoms with Crippen molar-refractivity contribution in [3.63, 3.8) is 0 Å². The van der Waals surface area contributed by atoms with E-state index >= 15 is 0 Å². The number of nitrogens with one attached hydrogen (secondary N) is 1. The number of rotatable bonds is 2. The third kappa shape index (κ3) is 1.26. The van der Waals surface area contributed by atoms with E-state index in [0.29, 0.717) is 6.07 Å². The second-order valence-corrected chi connectivity index (χ2v) is 2.87. The summed E-state index contributed by atoms with van der Waals surface area (Å²) >= 11 is 0. The van der Waals surface area contributed by atoms with Crippen LogP contribution in [0.1, 0.15) is 0 Å². The van der Waals surface area contributed by atoms with Crippen LogP contribution in [0.3, 0.4) is 0 Å². The molecule has 0 radical (unpaired) electrons. The van der Waals surface area contributed by atoms with Gasteiger partial charge in [0.1, 0.15) is 5.52 Å². The molecule has 0 unspecified atom stereocenters. The summed E-state index contributed by atoms with van der Waals surface area (Å²) in [6.45, 7) is 0. The maximum absolute atomic E-state index is 13.5. The quantitative estimate of drug-likeness (QED) is 0.615. The molecule has 0 aliphatic rings. The Bertz CT molecular complexity index is 608. The van der Waals surface area contributed by atoms with Gasteiger partial charge in [0, 0.05) is 0 Å². The molecule has 1 aromatic carbocycles. The van der Waals surface area contributed by atoms with E-state index in [0.717, 1.165) is 6.33 Å². The minimum Gasteiger partial charge on any atom is -0.342 e. The predicted octanol–water partition coefficient (Wildman–Crippen LogP) is 1.52. The second kappa shape index (κ2) is 3.22. The number of non-ortho nitro benzene ring substituents is 1. The van der Waals surface area contributed by atoms with Crippen molar-refractivity contribution in [3.05, 3.63) is 38.4 Å². The monoisotopic (exact) mass is 226 g/mol. The second-order valence-electron chi connectivity index (χ2n) is 2.87. The van der Waals surface area contributed by atoms with Crippen molar-refractivity contribution < 1.29 is 14.2 Å². The zero-order valence-electron chi connectivity index (χ0n) is 7.51. The van der Waals surface area contributed by atoms with Crippen molar-refractivity contribution in [3.8, 4) is 0 Å². The third-order valence-electron chi connectivity index (χ3n) is 1.99. The molecule has 0 fully saturated rings. The number of aromatic nitrogens is 2. The van der Waals surface area contributed by atoms with Gasteiger partial charge in [-0.1, -0.05) is 0 Å². The van der Waals surface area contributed by atoms with Crippen molar-refractivity contribution in [2.75, 3.05) is 0 Å². The van der Waals surface area contributed by atoms with Crippen LogP contribution in [0.5, 0.6) is 0 Å². The van der Waals surface area contributed by atoms with E-state index < -0.39 is 27.0 Å². The summed E-state index contributed by atoms with van der Waals surface area (Å²) in [4.78, 5) is 25.0. The van der Waals surface area contributed by atoms with Crippen LogP contribution in [0, 0.1) is 26.0 Å². The average molecular weight is 226 g/mol. The molecule has 1 aromatic heterocycles. The number of nitro benzene ring substituents is 2. The first-order chi connectivity index (χ1) is 7.52. The number of hydrogen-bond donors (Lipinski definition) is 1. The van der Waals surface area contributed by atoms with Crippen LogP contribution in [0.2, 0.25) is 0 Å². The first kappa shape index (κ1) is 9.96. The van der Waals surface area contributed by atoms with Gasteiger partial charge in [-0.2, -0.15) is 4.39 Å². The van der Waals surface area contributed by atoms with Crippen LogP contribution in [0.4, 0.5) is 15.8 Å². The minimum atomic E-state index is -1.16. The van der Waals surface area contributed by atoms with Crippen LogP contribution < -0.4 is 0 Å². The molecular formula is C7H3FN4O4. The highest BCUT2D eigenvalue weighted by Crippen LogP contribution is 2.31. The molecule has 8 nitrogen and oxygen atoms in total. The Morgan fingerprint density at radius 1 is 1.25 bits per heavy atom. The van der Waals surface area contributed by atoms with Crippen LogP contribution in [-0.4, -0.2) is 19.8 Å². The summed E-state index contributed by atoms with van der Waals surface area (Å²) in [6.07, 6.45) is 1.03. The van der Waals surface area contributed by atoms with Crippen molar-refractivity contribution in [1.29, 1.82) is 0 Å². The molecular weight excluding hydrogens is 223 g/mol. The largest absolute Gasteiger partial charge is 0.342 e. The highest BCUT2D eigenvalue weighted by Gasteiger charge is 2.27. The molecule has 0 aliphatic carbocycles. The molecule has 16 heavy (non-hydrogen) atoms. The SMILES string of the molecule is O=[N+]([O-])c1cc([N+](=O)[O-])c2nc[nH]c2c1F. The van der Waals surface area contributed by atoms with Crippen LogP contribution >= 0.6 is 0 Å². The smallest absolute Gasteiger partial charge is 0.314 e. The van der Waals surface area contributed by atoms with Gasteiger partial charge >= 0.3 is 11.4 Å². The highest BCUT2D eigenvalue weighted by molar-refractivity contribution is 5.87. The van der Waals surface area contributed by atoms with Gasteiger partial charge < -0.3 is 4.98 Å². The molecule has 82 valence electrons. The third-order valence-corrected chi connectivity index (χ3v) is 1.99. The summed E-state index contributed by atoms with van der Waals surface area (Å²) in [5.74, 6) is -1.16. The van der Waals surface area contributed by atoms with E-state index in [1.807, 2.05) is 0 Å². The summed E-state index contributed by atoms with van der Waals surface area (Å²) in [7, 11) is 0. The van der Waals surface area contributed by atoms with Gasteiger partial charge in [-0.05, 0) is 0 Å². The lowest BCUT2D eigenvalue weighted by atomic mass is 10.2. The number of aromatic amines is 1. The Morgan fingerprint density at radius 2 is 1.88 bits per heavy atom. The number of nitro groups is 2. The molecule has 1 N–H and O–H groups in total. The zero-order chi connectivity index (χ0) is 11.9. The van der Waals surface area contributed by atoms with Gasteiger partial charge in [0.25, 0.3) is 0 Å². The fraction of sp³-hybridized carbons (Fsp3) is 0. The van der Waals surface area contributed by atoms with E-state index in [2.05, 4.69) is 9.97 Å². The van der Waals surface area contributed by atoms with E-state index in [1.165, 1.54) is 0 Å². The summed E-state index contributed by atoms with van der Waals surface area (Å²) in [5.41, 5.74) is -2.15. The zero-order valence-corrected chi connectivity index (χ0v) is 7.51. The Balaban J connectivity index is 2.90. The maximum Gasteiger partial charge on any atom is 0.314 e. The number of benzene rings is 1. The van der Waals surface area contributed by atoms with Gasteiger partial charge in [0.05, 0.1) is 22.2 Å². The average Bonchev–Trinajstić information content (AvgIpc) is 2.66. The Morgan fingerprint density at radius 3 is 2.44 bits per heavy atom. The number of hydrogen-bond acceptors (Lipinski definition) is 5. The van der Waals surface area contributed by atoms with Gasteiger partial charge in [-0.25, -0.2) is 4.98 Å². The molecule has 0 spiro atoms. The summed E-state index contributed by atoms with van der Waals surface area (Å²) in [6, 6.07) is 0.554. The van der Waals surface area contributed by atoms with Crippen molar-refractivity contribution >= 4 is 22.4 Å². The highest BCUT2D eigenvalue weighted by atomic mass is 19.1. The number of H-pyrrole nitrogens is 1. The van der Waals surface area contributed by atoms with Crippen molar-refractivity contribution in [2.24, 2.45) is 0 Å². The number of imidazole rings is 1. The molecule has 0 saturated heterocycles. The van der Waals surface area contributed by atoms with Gasteiger partial charge in [-0.15, -0.1) is 0 Å². The molecule has 2 aromatic rings. The number of halogens is 1. The first-order valence-electron chi connectivity index (χ1n) is 3.96. The van der Waals surface area contributed by atoms with Gasteiger partial charge in [0.2, 0.25) is 5.82 Å².